The van der Waals surface area contributed by atoms with Crippen LogP contribution >= 0.6 is 0 Å². The van der Waals surface area contributed by atoms with Crippen LogP contribution in [0, 0.1) is 16.0 Å². The molecule has 0 aromatic heterocycles. The zero-order valence-corrected chi connectivity index (χ0v) is 18.5. The lowest BCUT2D eigenvalue weighted by atomic mass is 9.95. The second kappa shape index (κ2) is 8.67. The maximum absolute atomic E-state index is 12.5. The minimum Gasteiger partial charge on any atom is -0.594 e. The molecule has 2 aliphatic heterocycles. The first-order valence-corrected chi connectivity index (χ1v) is 10.6. The molecular formula is C24H30N2O5. The number of ether oxygens (including phenoxy) is 4. The van der Waals surface area contributed by atoms with E-state index < -0.39 is 6.29 Å². The predicted octanol–water partition coefficient (Wildman–Crippen LogP) is 5.76. The van der Waals surface area contributed by atoms with Gasteiger partial charge in [-0.15, -0.1) is 0 Å². The van der Waals surface area contributed by atoms with Gasteiger partial charge in [-0.05, 0) is 24.3 Å². The molecule has 2 aromatic rings. The zero-order valence-electron chi connectivity index (χ0n) is 18.5. The van der Waals surface area contributed by atoms with Crippen LogP contribution in [0.1, 0.15) is 51.4 Å². The Labute approximate surface area is 183 Å². The summed E-state index contributed by atoms with van der Waals surface area (Å²) in [6, 6.07) is 14.4. The van der Waals surface area contributed by atoms with E-state index in [9.17, 15) is 5.21 Å². The smallest absolute Gasteiger partial charge is 0.244 e. The Bertz CT molecular complexity index is 902. The van der Waals surface area contributed by atoms with E-state index >= 15 is 0 Å². The van der Waals surface area contributed by atoms with Crippen molar-refractivity contribution in [1.82, 2.24) is 0 Å². The normalized spacial score (nSPS) is 22.4. The van der Waals surface area contributed by atoms with Crippen molar-refractivity contribution in [3.8, 4) is 0 Å². The Balaban J connectivity index is 1.39. The Morgan fingerprint density at radius 1 is 0.710 bits per heavy atom. The molecule has 31 heavy (non-hydrogen) atoms. The third kappa shape index (κ3) is 5.49. The number of azo groups is 1. The molecule has 2 saturated heterocycles. The Hall–Kier alpha value is -2.32. The number of rotatable bonds is 4. The summed E-state index contributed by atoms with van der Waals surface area (Å²) >= 11 is 0. The van der Waals surface area contributed by atoms with Crippen molar-refractivity contribution in [2.45, 2.75) is 40.3 Å². The maximum atomic E-state index is 12.5. The standard InChI is InChI=1S/C24H30N2O5/c1-23(2)13-28-21(29-14-23)17-5-9-19(10-6-17)25-26(27)20-11-7-18(8-12-20)22-30-15-24(3,4)16-31-22/h5-12,21-22H,13-16H2,1-4H3. The fourth-order valence-corrected chi connectivity index (χ4v) is 3.39. The molecule has 7 heteroatoms. The number of nitrogens with zero attached hydrogens (tertiary/aromatic N) is 2. The van der Waals surface area contributed by atoms with Crippen LogP contribution in [0.2, 0.25) is 0 Å². The van der Waals surface area contributed by atoms with Gasteiger partial charge in [-0.2, -0.15) is 0 Å². The quantitative estimate of drug-likeness (QED) is 0.353. The molecule has 0 aliphatic carbocycles. The topological polar surface area (TPSA) is 75.4 Å². The molecule has 0 spiro atoms. The number of hydrogen-bond acceptors (Lipinski definition) is 6. The van der Waals surface area contributed by atoms with Crippen molar-refractivity contribution in [3.05, 3.63) is 64.9 Å². The summed E-state index contributed by atoms with van der Waals surface area (Å²) in [7, 11) is 0. The molecule has 166 valence electrons. The maximum Gasteiger partial charge on any atom is 0.244 e. The average molecular weight is 427 g/mol. The molecule has 0 bridgehead atoms. The molecule has 7 nitrogen and oxygen atoms in total. The molecule has 0 radical (unpaired) electrons. The van der Waals surface area contributed by atoms with Gasteiger partial charge < -0.3 is 24.2 Å². The van der Waals surface area contributed by atoms with Gasteiger partial charge in [0.2, 0.25) is 5.69 Å². The van der Waals surface area contributed by atoms with Crippen molar-refractivity contribution >= 4 is 11.4 Å². The summed E-state index contributed by atoms with van der Waals surface area (Å²) in [5, 5.41) is 16.6. The van der Waals surface area contributed by atoms with E-state index in [1.54, 1.807) is 24.3 Å². The van der Waals surface area contributed by atoms with E-state index in [0.717, 1.165) is 11.1 Å². The van der Waals surface area contributed by atoms with E-state index in [2.05, 4.69) is 32.8 Å². The summed E-state index contributed by atoms with van der Waals surface area (Å²) < 4.78 is 23.2. The van der Waals surface area contributed by atoms with Crippen LogP contribution < -0.4 is 0 Å². The molecule has 0 amide bonds. The first-order chi connectivity index (χ1) is 14.7. The minimum absolute atomic E-state index is 0.0164. The molecule has 0 N–H and O–H groups in total. The van der Waals surface area contributed by atoms with Gasteiger partial charge in [0.15, 0.2) is 12.6 Å². The molecule has 2 aromatic carbocycles. The van der Waals surface area contributed by atoms with Gasteiger partial charge >= 0.3 is 0 Å². The monoisotopic (exact) mass is 426 g/mol. The molecule has 2 aliphatic rings. The van der Waals surface area contributed by atoms with Crippen molar-refractivity contribution in [3.63, 3.8) is 0 Å². The van der Waals surface area contributed by atoms with Crippen LogP contribution in [-0.4, -0.2) is 31.3 Å². The Morgan fingerprint density at radius 3 is 1.52 bits per heavy atom. The van der Waals surface area contributed by atoms with E-state index in [1.807, 2.05) is 24.3 Å². The zero-order chi connectivity index (χ0) is 22.1. The molecular weight excluding hydrogens is 396 g/mol. The number of hydrogen-bond donors (Lipinski definition) is 0. The summed E-state index contributed by atoms with van der Waals surface area (Å²) in [4.78, 5) is 0.612. The molecule has 2 fully saturated rings. The van der Waals surface area contributed by atoms with Crippen LogP contribution in [0.5, 0.6) is 0 Å². The highest BCUT2D eigenvalue weighted by molar-refractivity contribution is 5.39. The molecule has 0 unspecified atom stereocenters. The average Bonchev–Trinajstić information content (AvgIpc) is 2.75. The molecule has 2 heterocycles. The van der Waals surface area contributed by atoms with Gasteiger partial charge in [-0.25, -0.2) is 0 Å². The van der Waals surface area contributed by atoms with Crippen LogP contribution in [0.15, 0.2) is 53.6 Å². The largest absolute Gasteiger partial charge is 0.594 e. The van der Waals surface area contributed by atoms with Gasteiger partial charge in [0.25, 0.3) is 0 Å². The van der Waals surface area contributed by atoms with E-state index in [0.29, 0.717) is 42.7 Å². The minimum atomic E-state index is -0.401. The van der Waals surface area contributed by atoms with Crippen molar-refractivity contribution < 1.29 is 23.8 Å². The second-order valence-corrected chi connectivity index (χ2v) is 9.79. The highest BCUT2D eigenvalue weighted by Gasteiger charge is 2.30. The van der Waals surface area contributed by atoms with E-state index in [1.165, 1.54) is 0 Å². The van der Waals surface area contributed by atoms with Gasteiger partial charge in [0.05, 0.1) is 26.4 Å². The second-order valence-electron chi connectivity index (χ2n) is 9.79. The summed E-state index contributed by atoms with van der Waals surface area (Å²) in [6.07, 6.45) is -0.783. The molecule has 0 saturated carbocycles. The van der Waals surface area contributed by atoms with Gasteiger partial charge in [-0.3, -0.25) is 0 Å². The lowest BCUT2D eigenvalue weighted by Crippen LogP contribution is -2.33. The third-order valence-corrected chi connectivity index (χ3v) is 5.26. The first kappa shape index (κ1) is 21.9. The Kier molecular flexibility index (Phi) is 6.12. The lowest BCUT2D eigenvalue weighted by molar-refractivity contribution is -0.435. The summed E-state index contributed by atoms with van der Waals surface area (Å²) in [6.45, 7) is 11.0. The summed E-state index contributed by atoms with van der Waals surface area (Å²) in [5.41, 5.74) is 2.82. The van der Waals surface area contributed by atoms with Crippen LogP contribution in [-0.2, 0) is 18.9 Å². The SMILES string of the molecule is CC1(C)COC(c2ccc(N=[N+]([O-])c3ccc(C4OCC(C)(C)CO4)cc3)cc2)OC1. The van der Waals surface area contributed by atoms with Crippen LogP contribution in [0.3, 0.4) is 0 Å². The fraction of sp³-hybridized carbons (Fsp3) is 0.500. The predicted molar refractivity (Wildman–Crippen MR) is 115 cm³/mol. The van der Waals surface area contributed by atoms with Crippen LogP contribution in [0.4, 0.5) is 11.4 Å². The molecule has 4 rings (SSSR count). The summed E-state index contributed by atoms with van der Waals surface area (Å²) in [5.74, 6) is 0. The molecule has 0 atom stereocenters. The van der Waals surface area contributed by atoms with E-state index in [4.69, 9.17) is 18.9 Å². The van der Waals surface area contributed by atoms with Crippen molar-refractivity contribution in [2.24, 2.45) is 15.9 Å². The van der Waals surface area contributed by atoms with E-state index in [-0.39, 0.29) is 17.1 Å². The highest BCUT2D eigenvalue weighted by Crippen LogP contribution is 2.33. The fourth-order valence-electron chi connectivity index (χ4n) is 3.39. The highest BCUT2D eigenvalue weighted by atomic mass is 16.7. The van der Waals surface area contributed by atoms with Gasteiger partial charge in [0, 0.05) is 39.2 Å². The Morgan fingerprint density at radius 2 is 1.10 bits per heavy atom. The lowest BCUT2D eigenvalue weighted by Gasteiger charge is -2.34. The van der Waals surface area contributed by atoms with Gasteiger partial charge in [0.1, 0.15) is 5.69 Å². The van der Waals surface area contributed by atoms with Crippen molar-refractivity contribution in [1.29, 1.82) is 0 Å². The number of benzene rings is 2. The van der Waals surface area contributed by atoms with Crippen molar-refractivity contribution in [2.75, 3.05) is 26.4 Å². The van der Waals surface area contributed by atoms with Gasteiger partial charge in [-0.1, -0.05) is 44.7 Å². The van der Waals surface area contributed by atoms with Crippen LogP contribution in [0.25, 0.3) is 0 Å². The first-order valence-electron chi connectivity index (χ1n) is 10.6. The third-order valence-electron chi connectivity index (χ3n) is 5.26.